The second-order valence-corrected chi connectivity index (χ2v) is 9.37. The van der Waals surface area contributed by atoms with Crippen LogP contribution in [-0.2, 0) is 23.2 Å². The summed E-state index contributed by atoms with van der Waals surface area (Å²) < 4.78 is 4.66. The number of allylic oxidation sites excluding steroid dienone is 5. The minimum absolute atomic E-state index is 0. The van der Waals surface area contributed by atoms with Crippen molar-refractivity contribution in [3.8, 4) is 5.69 Å². The molecule has 0 amide bonds. The second-order valence-electron chi connectivity index (χ2n) is 5.66. The minimum atomic E-state index is -0.568. The van der Waals surface area contributed by atoms with Crippen LogP contribution < -0.4 is 24.8 Å². The molecular weight excluding hydrogens is 404 g/mol. The first-order chi connectivity index (χ1) is 10.3. The molecule has 116 valence electrons. The van der Waals surface area contributed by atoms with Crippen LogP contribution in [0.1, 0.15) is 28.1 Å². The van der Waals surface area contributed by atoms with E-state index in [2.05, 4.69) is 78.5 Å². The van der Waals surface area contributed by atoms with Crippen molar-refractivity contribution in [2.45, 2.75) is 17.0 Å². The molecule has 4 rings (SSSR count). The largest absolute Gasteiger partial charge is 1.00 e. The Morgan fingerprint density at radius 3 is 2.57 bits per heavy atom. The van der Waals surface area contributed by atoms with Gasteiger partial charge in [0.15, 0.2) is 0 Å². The van der Waals surface area contributed by atoms with Crippen molar-refractivity contribution in [3.05, 3.63) is 80.9 Å². The average molecular weight is 421 g/mol. The Balaban J connectivity index is 0.000000960. The third kappa shape index (κ3) is 3.50. The summed E-state index contributed by atoms with van der Waals surface area (Å²) in [6, 6.07) is 11.0. The number of rotatable bonds is 3. The van der Waals surface area contributed by atoms with Gasteiger partial charge in [-0.1, -0.05) is 0 Å². The molecule has 1 heterocycles. The molecule has 1 atom stereocenters. The summed E-state index contributed by atoms with van der Waals surface area (Å²) in [4.78, 5) is 0. The van der Waals surface area contributed by atoms with Crippen LogP contribution >= 0.6 is 0 Å². The van der Waals surface area contributed by atoms with Gasteiger partial charge in [0, 0.05) is 0 Å². The third-order valence-electron chi connectivity index (χ3n) is 4.24. The van der Waals surface area contributed by atoms with Crippen LogP contribution in [-0.4, -0.2) is 4.57 Å². The molecule has 0 saturated carbocycles. The fraction of sp³-hybridized carbons (Fsp3) is 0.158. The predicted octanol–water partition coefficient (Wildman–Crippen LogP) is -1.13. The zero-order chi connectivity index (χ0) is 14.2. The molecule has 2 aliphatic rings. The molecule has 1 unspecified atom stereocenters. The van der Waals surface area contributed by atoms with Gasteiger partial charge in [-0.25, -0.2) is 0 Å². The van der Waals surface area contributed by atoms with Crippen LogP contribution in [0.25, 0.3) is 11.8 Å². The number of halogens is 2. The summed E-state index contributed by atoms with van der Waals surface area (Å²) >= 11 is -0.568. The number of aromatic nitrogens is 1. The van der Waals surface area contributed by atoms with Gasteiger partial charge in [0.2, 0.25) is 0 Å². The standard InChI is InChI=1S/C14H12N.C5H5.2ClH.Zr/c1-11-9-12-5-4-6-14(13(12)10-11)15-7-2-3-8-15;1-2-4-5-3-1;;;/h2-10H,1H3;1-3H,4H2;2*1H;/q;;;;+2/p-2. The van der Waals surface area contributed by atoms with Gasteiger partial charge in [-0.05, 0) is 0 Å². The molecule has 2 aliphatic carbocycles. The number of fused-ring (bicyclic) bond motifs is 1. The summed E-state index contributed by atoms with van der Waals surface area (Å²) in [5.74, 6) is 0. The molecule has 1 nitrogen and oxygen atoms in total. The van der Waals surface area contributed by atoms with Crippen LogP contribution in [0.3, 0.4) is 0 Å². The van der Waals surface area contributed by atoms with Gasteiger partial charge in [0.1, 0.15) is 0 Å². The van der Waals surface area contributed by atoms with Gasteiger partial charge in [0.25, 0.3) is 0 Å². The SMILES string of the molecule is CC1=Cc2c(cccc2-n2cccc2)[CH]1[Zr+2][C]1=CC=CC1.[Cl-].[Cl-]. The topological polar surface area (TPSA) is 4.93 Å². The molecule has 0 aliphatic heterocycles. The van der Waals surface area contributed by atoms with E-state index in [1.807, 2.05) is 0 Å². The summed E-state index contributed by atoms with van der Waals surface area (Å²) in [6.45, 7) is 2.31. The Morgan fingerprint density at radius 2 is 1.87 bits per heavy atom. The van der Waals surface area contributed by atoms with E-state index >= 15 is 0 Å². The van der Waals surface area contributed by atoms with Crippen molar-refractivity contribution in [1.82, 2.24) is 4.57 Å². The fourth-order valence-electron chi connectivity index (χ4n) is 3.19. The van der Waals surface area contributed by atoms with E-state index in [1.165, 1.54) is 17.7 Å². The number of hydrogen-bond donors (Lipinski definition) is 0. The van der Waals surface area contributed by atoms with Crippen LogP contribution in [0.5, 0.6) is 0 Å². The Morgan fingerprint density at radius 1 is 1.09 bits per heavy atom. The molecule has 0 bridgehead atoms. The average Bonchev–Trinajstić information content (AvgIpc) is 3.22. The number of benzene rings is 1. The van der Waals surface area contributed by atoms with E-state index in [0.29, 0.717) is 3.63 Å². The zero-order valence-corrected chi connectivity index (χ0v) is 16.8. The third-order valence-corrected chi connectivity index (χ3v) is 8.65. The van der Waals surface area contributed by atoms with Crippen molar-refractivity contribution in [2.75, 3.05) is 0 Å². The summed E-state index contributed by atoms with van der Waals surface area (Å²) in [5, 5.41) is 0. The molecular formula is C19H17Cl2NZr. The van der Waals surface area contributed by atoms with Crippen LogP contribution in [0.2, 0.25) is 0 Å². The monoisotopic (exact) mass is 419 g/mol. The van der Waals surface area contributed by atoms with Crippen LogP contribution in [0.15, 0.2) is 69.8 Å². The molecule has 2 aromatic rings. The van der Waals surface area contributed by atoms with Gasteiger partial charge in [-0.2, -0.15) is 0 Å². The van der Waals surface area contributed by atoms with Gasteiger partial charge in [0.05, 0.1) is 0 Å². The Bertz CT molecular complexity index is 773. The molecule has 0 saturated heterocycles. The smallest absolute Gasteiger partial charge is 1.00 e. The first kappa shape index (κ1) is 18.5. The van der Waals surface area contributed by atoms with E-state index in [9.17, 15) is 0 Å². The van der Waals surface area contributed by atoms with Crippen molar-refractivity contribution in [3.63, 3.8) is 0 Å². The molecule has 1 aromatic carbocycles. The zero-order valence-electron chi connectivity index (χ0n) is 12.8. The number of hydrogen-bond acceptors (Lipinski definition) is 0. The Labute approximate surface area is 161 Å². The molecule has 0 fully saturated rings. The Hall–Kier alpha value is -0.817. The van der Waals surface area contributed by atoms with Crippen molar-refractivity contribution in [2.24, 2.45) is 0 Å². The van der Waals surface area contributed by atoms with Crippen LogP contribution in [0, 0.1) is 0 Å². The minimum Gasteiger partial charge on any atom is -1.00 e. The summed E-state index contributed by atoms with van der Waals surface area (Å²) in [5.41, 5.74) is 5.86. The number of nitrogens with zero attached hydrogens (tertiary/aromatic N) is 1. The quantitative estimate of drug-likeness (QED) is 0.591. The normalized spacial score (nSPS) is 17.5. The molecule has 4 heteroatoms. The van der Waals surface area contributed by atoms with Gasteiger partial charge >= 0.3 is 137 Å². The van der Waals surface area contributed by atoms with Gasteiger partial charge < -0.3 is 24.8 Å². The summed E-state index contributed by atoms with van der Waals surface area (Å²) in [6.07, 6.45) is 14.8. The molecule has 1 aromatic heterocycles. The maximum atomic E-state index is 2.42. The first-order valence-corrected chi connectivity index (χ1v) is 10.0. The van der Waals surface area contributed by atoms with Crippen molar-refractivity contribution in [1.29, 1.82) is 0 Å². The maximum Gasteiger partial charge on any atom is -1.00 e. The molecule has 0 radical (unpaired) electrons. The maximum absolute atomic E-state index is 2.42. The van der Waals surface area contributed by atoms with Crippen molar-refractivity contribution >= 4 is 6.08 Å². The van der Waals surface area contributed by atoms with Gasteiger partial charge in [-0.3, -0.25) is 0 Å². The predicted molar refractivity (Wildman–Crippen MR) is 84.0 cm³/mol. The van der Waals surface area contributed by atoms with E-state index in [-0.39, 0.29) is 24.8 Å². The molecule has 0 N–H and O–H groups in total. The van der Waals surface area contributed by atoms with E-state index in [1.54, 1.807) is 14.4 Å². The Kier molecular flexibility index (Phi) is 6.31. The fourth-order valence-corrected chi connectivity index (χ4v) is 6.92. The van der Waals surface area contributed by atoms with Crippen LogP contribution in [0.4, 0.5) is 0 Å². The van der Waals surface area contributed by atoms with Crippen molar-refractivity contribution < 1.29 is 48.0 Å². The molecule has 0 spiro atoms. The van der Waals surface area contributed by atoms with E-state index < -0.39 is 23.2 Å². The second kappa shape index (κ2) is 7.84. The van der Waals surface area contributed by atoms with E-state index in [0.717, 1.165) is 0 Å². The molecule has 23 heavy (non-hydrogen) atoms. The van der Waals surface area contributed by atoms with Gasteiger partial charge in [-0.15, -0.1) is 0 Å². The van der Waals surface area contributed by atoms with E-state index in [4.69, 9.17) is 0 Å². The summed E-state index contributed by atoms with van der Waals surface area (Å²) in [7, 11) is 0. The first-order valence-electron chi connectivity index (χ1n) is 7.39.